The minimum absolute atomic E-state index is 0.0446. The molecule has 0 spiro atoms. The smallest absolute Gasteiger partial charge is 0.329 e. The Morgan fingerprint density at radius 3 is 2.36 bits per heavy atom. The van der Waals surface area contributed by atoms with Crippen molar-refractivity contribution < 1.29 is 19.1 Å². The number of esters is 1. The molecule has 0 saturated carbocycles. The van der Waals surface area contributed by atoms with Gasteiger partial charge in [0.25, 0.3) is 5.91 Å². The highest BCUT2D eigenvalue weighted by molar-refractivity contribution is 8.00. The number of carbonyl (C=O) groups excluding carboxylic acids is 3. The lowest BCUT2D eigenvalue weighted by molar-refractivity contribution is -0.146. The number of rotatable bonds is 8. The summed E-state index contributed by atoms with van der Waals surface area (Å²) in [6.45, 7) is 7.85. The van der Waals surface area contributed by atoms with E-state index in [9.17, 15) is 14.4 Å². The predicted molar refractivity (Wildman–Crippen MR) is 99.5 cm³/mol. The molecule has 0 fully saturated rings. The Balaban J connectivity index is 2.55. The van der Waals surface area contributed by atoms with Crippen molar-refractivity contribution in [2.75, 3.05) is 18.9 Å². The maximum atomic E-state index is 12.1. The molecule has 0 saturated heterocycles. The summed E-state index contributed by atoms with van der Waals surface area (Å²) in [6, 6.07) is 7.87. The van der Waals surface area contributed by atoms with Gasteiger partial charge in [-0.05, 0) is 19.1 Å². The molecule has 1 atom stereocenters. The largest absolute Gasteiger partial charge is 0.464 e. The summed E-state index contributed by atoms with van der Waals surface area (Å²) in [4.78, 5) is 36.0. The van der Waals surface area contributed by atoms with E-state index in [0.717, 1.165) is 0 Å². The van der Waals surface area contributed by atoms with E-state index in [4.69, 9.17) is 4.74 Å². The third-order valence-electron chi connectivity index (χ3n) is 3.03. The molecule has 1 aromatic carbocycles. The average Bonchev–Trinajstić information content (AvgIpc) is 2.56. The van der Waals surface area contributed by atoms with Gasteiger partial charge in [-0.1, -0.05) is 39.0 Å². The molecule has 138 valence electrons. The van der Waals surface area contributed by atoms with Crippen molar-refractivity contribution in [3.05, 3.63) is 35.9 Å². The van der Waals surface area contributed by atoms with Gasteiger partial charge in [0.15, 0.2) is 0 Å². The lowest BCUT2D eigenvalue weighted by Gasteiger charge is -2.22. The molecule has 1 rings (SSSR count). The van der Waals surface area contributed by atoms with Gasteiger partial charge in [0.1, 0.15) is 6.04 Å². The Morgan fingerprint density at radius 1 is 1.16 bits per heavy atom. The van der Waals surface area contributed by atoms with Gasteiger partial charge >= 0.3 is 5.97 Å². The highest BCUT2D eigenvalue weighted by Gasteiger charge is 2.25. The van der Waals surface area contributed by atoms with Crippen LogP contribution in [0.5, 0.6) is 0 Å². The molecule has 0 aliphatic heterocycles. The van der Waals surface area contributed by atoms with Crippen LogP contribution in [0.4, 0.5) is 0 Å². The first kappa shape index (κ1) is 21.0. The number of thioether (sulfide) groups is 1. The summed E-state index contributed by atoms with van der Waals surface area (Å²) >= 11 is 1.56. The first-order valence-electron chi connectivity index (χ1n) is 8.16. The van der Waals surface area contributed by atoms with Gasteiger partial charge in [-0.3, -0.25) is 9.59 Å². The van der Waals surface area contributed by atoms with Gasteiger partial charge in [0.2, 0.25) is 5.91 Å². The number of hydrogen-bond donors (Lipinski definition) is 2. The minimum atomic E-state index is -0.745. The zero-order valence-electron chi connectivity index (χ0n) is 15.1. The SMILES string of the molecule is CCOC(=O)[C@H](CSC(C)(C)C)NC(=O)CNC(=O)c1ccccc1. The number of ether oxygens (including phenoxy) is 1. The van der Waals surface area contributed by atoms with Crippen LogP contribution in [0.15, 0.2) is 30.3 Å². The van der Waals surface area contributed by atoms with Crippen LogP contribution < -0.4 is 10.6 Å². The van der Waals surface area contributed by atoms with Crippen molar-refractivity contribution in [1.82, 2.24) is 10.6 Å². The van der Waals surface area contributed by atoms with E-state index in [1.807, 2.05) is 20.8 Å². The molecule has 0 radical (unpaired) electrons. The van der Waals surface area contributed by atoms with E-state index in [1.54, 1.807) is 49.0 Å². The highest BCUT2D eigenvalue weighted by Crippen LogP contribution is 2.23. The van der Waals surface area contributed by atoms with E-state index in [2.05, 4.69) is 10.6 Å². The van der Waals surface area contributed by atoms with Crippen molar-refractivity contribution in [3.8, 4) is 0 Å². The molecule has 25 heavy (non-hydrogen) atoms. The molecule has 0 aliphatic rings. The van der Waals surface area contributed by atoms with E-state index in [-0.39, 0.29) is 23.8 Å². The Hall–Kier alpha value is -2.02. The van der Waals surface area contributed by atoms with Gasteiger partial charge in [-0.25, -0.2) is 4.79 Å². The monoisotopic (exact) mass is 366 g/mol. The van der Waals surface area contributed by atoms with Gasteiger partial charge in [-0.2, -0.15) is 11.8 Å². The molecule has 2 amide bonds. The zero-order valence-corrected chi connectivity index (χ0v) is 15.9. The first-order chi connectivity index (χ1) is 11.7. The van der Waals surface area contributed by atoms with E-state index in [0.29, 0.717) is 11.3 Å². The van der Waals surface area contributed by atoms with Gasteiger partial charge in [0, 0.05) is 16.1 Å². The summed E-state index contributed by atoms with van der Waals surface area (Å²) in [5.74, 6) is -0.841. The third kappa shape index (κ3) is 8.58. The summed E-state index contributed by atoms with van der Waals surface area (Å²) in [6.07, 6.45) is 0. The van der Waals surface area contributed by atoms with Crippen LogP contribution in [0.2, 0.25) is 0 Å². The van der Waals surface area contributed by atoms with Crippen molar-refractivity contribution in [2.24, 2.45) is 0 Å². The quantitative estimate of drug-likeness (QED) is 0.688. The van der Waals surface area contributed by atoms with E-state index >= 15 is 0 Å². The number of hydrogen-bond acceptors (Lipinski definition) is 5. The molecule has 6 nitrogen and oxygen atoms in total. The summed E-state index contributed by atoms with van der Waals surface area (Å²) < 4.78 is 4.97. The second kappa shape index (κ2) is 10.1. The first-order valence-corrected chi connectivity index (χ1v) is 9.14. The number of nitrogens with one attached hydrogen (secondary N) is 2. The normalized spacial score (nSPS) is 12.2. The maximum Gasteiger partial charge on any atom is 0.329 e. The fourth-order valence-electron chi connectivity index (χ4n) is 1.84. The van der Waals surface area contributed by atoms with Gasteiger partial charge in [-0.15, -0.1) is 0 Å². The molecule has 0 aliphatic carbocycles. The van der Waals surface area contributed by atoms with Crippen LogP contribution in [-0.4, -0.2) is 47.5 Å². The molecular formula is C18H26N2O4S. The molecular weight excluding hydrogens is 340 g/mol. The molecule has 2 N–H and O–H groups in total. The van der Waals surface area contributed by atoms with Crippen LogP contribution in [0.3, 0.4) is 0 Å². The van der Waals surface area contributed by atoms with Crippen LogP contribution in [0.25, 0.3) is 0 Å². The predicted octanol–water partition coefficient (Wildman–Crippen LogP) is 2.00. The maximum absolute atomic E-state index is 12.1. The van der Waals surface area contributed by atoms with Crippen LogP contribution in [-0.2, 0) is 14.3 Å². The van der Waals surface area contributed by atoms with Crippen LogP contribution in [0.1, 0.15) is 38.1 Å². The topological polar surface area (TPSA) is 84.5 Å². The Morgan fingerprint density at radius 2 is 1.80 bits per heavy atom. The summed E-state index contributed by atoms with van der Waals surface area (Å²) in [7, 11) is 0. The summed E-state index contributed by atoms with van der Waals surface area (Å²) in [5.41, 5.74) is 0.473. The van der Waals surface area contributed by atoms with Crippen LogP contribution >= 0.6 is 11.8 Å². The second-order valence-electron chi connectivity index (χ2n) is 6.34. The van der Waals surface area contributed by atoms with E-state index in [1.165, 1.54) is 0 Å². The number of benzene rings is 1. The molecule has 0 aromatic heterocycles. The van der Waals surface area contributed by atoms with Crippen LogP contribution in [0, 0.1) is 0 Å². The summed E-state index contributed by atoms with van der Waals surface area (Å²) in [5, 5.41) is 5.17. The Labute approximate surface area is 153 Å². The number of carbonyl (C=O) groups is 3. The lowest BCUT2D eigenvalue weighted by atomic mass is 10.2. The molecule has 0 bridgehead atoms. The second-order valence-corrected chi connectivity index (χ2v) is 8.19. The van der Waals surface area contributed by atoms with Crippen molar-refractivity contribution in [2.45, 2.75) is 38.5 Å². The standard InChI is InChI=1S/C18H26N2O4S/c1-5-24-17(23)14(12-25-18(2,3)4)20-15(21)11-19-16(22)13-9-7-6-8-10-13/h6-10,14H,5,11-12H2,1-4H3,(H,19,22)(H,20,21)/t14-/m0/s1. The van der Waals surface area contributed by atoms with Crippen molar-refractivity contribution >= 4 is 29.5 Å². The molecule has 7 heteroatoms. The highest BCUT2D eigenvalue weighted by atomic mass is 32.2. The average molecular weight is 366 g/mol. The fraction of sp³-hybridized carbons (Fsp3) is 0.500. The Bertz CT molecular complexity index is 584. The van der Waals surface area contributed by atoms with E-state index < -0.39 is 17.9 Å². The molecule has 0 unspecified atom stereocenters. The fourth-order valence-corrected chi connectivity index (χ4v) is 2.73. The molecule has 1 aromatic rings. The Kier molecular flexibility index (Phi) is 8.48. The van der Waals surface area contributed by atoms with Crippen molar-refractivity contribution in [3.63, 3.8) is 0 Å². The van der Waals surface area contributed by atoms with Gasteiger partial charge < -0.3 is 15.4 Å². The third-order valence-corrected chi connectivity index (χ3v) is 4.40. The van der Waals surface area contributed by atoms with Crippen molar-refractivity contribution in [1.29, 1.82) is 0 Å². The number of amides is 2. The minimum Gasteiger partial charge on any atom is -0.464 e. The zero-order chi connectivity index (χ0) is 18.9. The molecule has 0 heterocycles. The lowest BCUT2D eigenvalue weighted by Crippen LogP contribution is -2.47. The van der Waals surface area contributed by atoms with Gasteiger partial charge in [0.05, 0.1) is 13.2 Å².